The van der Waals surface area contributed by atoms with Crippen LogP contribution in [0.25, 0.3) is 0 Å². The lowest BCUT2D eigenvalue weighted by Crippen LogP contribution is -2.23. The van der Waals surface area contributed by atoms with Crippen LogP contribution in [0.15, 0.2) is 22.5 Å². The van der Waals surface area contributed by atoms with E-state index in [2.05, 4.69) is 9.71 Å². The predicted molar refractivity (Wildman–Crippen MR) is 72.2 cm³/mol. The van der Waals surface area contributed by atoms with Crippen molar-refractivity contribution in [3.63, 3.8) is 0 Å². The summed E-state index contributed by atoms with van der Waals surface area (Å²) in [6, 6.07) is 1.17. The second-order valence-electron chi connectivity index (χ2n) is 3.59. The van der Waals surface area contributed by atoms with Crippen molar-refractivity contribution in [3.05, 3.63) is 32.4 Å². The number of rotatable bonds is 5. The molecule has 0 fully saturated rings. The highest BCUT2D eigenvalue weighted by molar-refractivity contribution is 7.89. The summed E-state index contributed by atoms with van der Waals surface area (Å²) in [6.45, 7) is 1.67. The van der Waals surface area contributed by atoms with Gasteiger partial charge in [-0.05, 0) is 13.0 Å². The van der Waals surface area contributed by atoms with E-state index >= 15 is 0 Å². The van der Waals surface area contributed by atoms with Gasteiger partial charge in [-0.1, -0.05) is 0 Å². The number of thiophene rings is 1. The number of carbonyl (C=O) groups is 1. The Morgan fingerprint density at radius 2 is 2.26 bits per heavy atom. The fourth-order valence-corrected chi connectivity index (χ4v) is 4.48. The second kappa shape index (κ2) is 5.37. The molecule has 2 aromatic heterocycles. The van der Waals surface area contributed by atoms with E-state index in [1.807, 2.05) is 0 Å². The van der Waals surface area contributed by atoms with Crippen LogP contribution >= 0.6 is 22.7 Å². The van der Waals surface area contributed by atoms with E-state index in [4.69, 9.17) is 5.11 Å². The number of carboxylic acid groups (broad SMARTS) is 1. The zero-order valence-corrected chi connectivity index (χ0v) is 12.2. The first-order valence-electron chi connectivity index (χ1n) is 5.12. The molecule has 0 radical (unpaired) electrons. The normalized spacial score (nSPS) is 11.6. The minimum Gasteiger partial charge on any atom is -0.477 e. The van der Waals surface area contributed by atoms with Gasteiger partial charge in [-0.15, -0.1) is 22.7 Å². The number of carboxylic acids is 1. The van der Waals surface area contributed by atoms with Crippen molar-refractivity contribution in [1.29, 1.82) is 0 Å². The Bertz CT molecular complexity index is 688. The summed E-state index contributed by atoms with van der Waals surface area (Å²) in [6.07, 6.45) is 1.59. The molecular weight excluding hydrogens is 308 g/mol. The average molecular weight is 318 g/mol. The largest absolute Gasteiger partial charge is 0.477 e. The van der Waals surface area contributed by atoms with E-state index < -0.39 is 16.0 Å². The van der Waals surface area contributed by atoms with Gasteiger partial charge in [-0.3, -0.25) is 0 Å². The maximum atomic E-state index is 12.1. The Labute approximate surface area is 117 Å². The van der Waals surface area contributed by atoms with Gasteiger partial charge in [0.2, 0.25) is 10.0 Å². The fourth-order valence-electron chi connectivity index (χ4n) is 1.41. The predicted octanol–water partition coefficient (Wildman–Crippen LogP) is 1.69. The lowest BCUT2D eigenvalue weighted by atomic mass is 10.4. The molecule has 2 rings (SSSR count). The van der Waals surface area contributed by atoms with Crippen molar-refractivity contribution < 1.29 is 18.3 Å². The van der Waals surface area contributed by atoms with Gasteiger partial charge in [-0.2, -0.15) is 0 Å². The lowest BCUT2D eigenvalue weighted by Gasteiger charge is -2.03. The summed E-state index contributed by atoms with van der Waals surface area (Å²) in [5.41, 5.74) is 0. The number of hydrogen-bond donors (Lipinski definition) is 2. The topological polar surface area (TPSA) is 96.4 Å². The van der Waals surface area contributed by atoms with E-state index in [1.165, 1.54) is 17.4 Å². The van der Waals surface area contributed by atoms with Gasteiger partial charge in [0, 0.05) is 16.5 Å². The summed E-state index contributed by atoms with van der Waals surface area (Å²) in [5, 5.41) is 11.3. The van der Waals surface area contributed by atoms with Crippen molar-refractivity contribution >= 4 is 38.7 Å². The van der Waals surface area contributed by atoms with E-state index in [0.717, 1.165) is 11.3 Å². The number of thiazole rings is 1. The first kappa shape index (κ1) is 14.1. The van der Waals surface area contributed by atoms with Crippen LogP contribution in [0.5, 0.6) is 0 Å². The molecule has 2 aromatic rings. The third-order valence-corrected chi connectivity index (χ3v) is 5.74. The SMILES string of the molecule is Cc1sc(C(=O)O)cc1S(=O)(=O)NCc1nccs1. The number of aromatic nitrogens is 1. The average Bonchev–Trinajstić information content (AvgIpc) is 2.95. The molecule has 102 valence electrons. The number of sulfonamides is 1. The molecule has 0 aliphatic carbocycles. The molecule has 19 heavy (non-hydrogen) atoms. The van der Waals surface area contributed by atoms with Gasteiger partial charge in [0.15, 0.2) is 0 Å². The molecule has 0 aromatic carbocycles. The molecule has 0 unspecified atom stereocenters. The van der Waals surface area contributed by atoms with E-state index in [0.29, 0.717) is 9.88 Å². The molecule has 2 N–H and O–H groups in total. The number of aromatic carboxylic acids is 1. The molecule has 0 amide bonds. The van der Waals surface area contributed by atoms with E-state index in [1.54, 1.807) is 18.5 Å². The smallest absolute Gasteiger partial charge is 0.345 e. The number of nitrogens with zero attached hydrogens (tertiary/aromatic N) is 1. The molecule has 0 aliphatic heterocycles. The molecular formula is C10H10N2O4S3. The van der Waals surface area contributed by atoms with Crippen molar-refractivity contribution in [3.8, 4) is 0 Å². The highest BCUT2D eigenvalue weighted by atomic mass is 32.2. The standard InChI is InChI=1S/C10H10N2O4S3/c1-6-8(4-7(18-6)10(13)14)19(15,16)12-5-9-11-2-3-17-9/h2-4,12H,5H2,1H3,(H,13,14). The van der Waals surface area contributed by atoms with Crippen LogP contribution in [-0.4, -0.2) is 24.5 Å². The molecule has 0 saturated heterocycles. The van der Waals surface area contributed by atoms with E-state index in [-0.39, 0.29) is 16.3 Å². The third-order valence-electron chi connectivity index (χ3n) is 2.27. The highest BCUT2D eigenvalue weighted by Gasteiger charge is 2.22. The second-order valence-corrected chi connectivity index (χ2v) is 7.56. The van der Waals surface area contributed by atoms with Gasteiger partial charge in [-0.25, -0.2) is 22.9 Å². The summed E-state index contributed by atoms with van der Waals surface area (Å²) in [4.78, 5) is 15.3. The molecule has 2 heterocycles. The van der Waals surface area contributed by atoms with Crippen molar-refractivity contribution in [1.82, 2.24) is 9.71 Å². The summed E-state index contributed by atoms with van der Waals surface area (Å²) in [7, 11) is -3.72. The van der Waals surface area contributed by atoms with Crippen LogP contribution in [0.3, 0.4) is 0 Å². The van der Waals surface area contributed by atoms with Gasteiger partial charge in [0.1, 0.15) is 9.88 Å². The van der Waals surface area contributed by atoms with Crippen LogP contribution < -0.4 is 4.72 Å². The zero-order chi connectivity index (χ0) is 14.0. The first-order valence-corrected chi connectivity index (χ1v) is 8.30. The quantitative estimate of drug-likeness (QED) is 0.874. The van der Waals surface area contributed by atoms with Gasteiger partial charge < -0.3 is 5.11 Å². The maximum Gasteiger partial charge on any atom is 0.345 e. The molecule has 0 atom stereocenters. The first-order chi connectivity index (χ1) is 8.90. The zero-order valence-electron chi connectivity index (χ0n) is 9.78. The van der Waals surface area contributed by atoms with Gasteiger partial charge >= 0.3 is 5.97 Å². The van der Waals surface area contributed by atoms with Crippen LogP contribution in [-0.2, 0) is 16.6 Å². The molecule has 0 aliphatic rings. The Morgan fingerprint density at radius 1 is 1.53 bits per heavy atom. The van der Waals surface area contributed by atoms with Crippen LogP contribution in [0.2, 0.25) is 0 Å². The number of aryl methyl sites for hydroxylation is 1. The molecule has 6 nitrogen and oxygen atoms in total. The Morgan fingerprint density at radius 3 is 2.79 bits per heavy atom. The van der Waals surface area contributed by atoms with Crippen molar-refractivity contribution in [2.75, 3.05) is 0 Å². The van der Waals surface area contributed by atoms with Gasteiger partial charge in [0.05, 0.1) is 11.4 Å². The number of nitrogens with one attached hydrogen (secondary N) is 1. The minimum atomic E-state index is -3.72. The van der Waals surface area contributed by atoms with Crippen LogP contribution in [0.4, 0.5) is 0 Å². The highest BCUT2D eigenvalue weighted by Crippen LogP contribution is 2.25. The van der Waals surface area contributed by atoms with Gasteiger partial charge in [0.25, 0.3) is 0 Å². The maximum absolute atomic E-state index is 12.1. The summed E-state index contributed by atoms with van der Waals surface area (Å²) >= 11 is 2.28. The van der Waals surface area contributed by atoms with E-state index in [9.17, 15) is 13.2 Å². The Hall–Kier alpha value is -1.29. The monoisotopic (exact) mass is 318 g/mol. The minimum absolute atomic E-state index is 0.00598. The Balaban J connectivity index is 2.22. The third kappa shape index (κ3) is 3.18. The van der Waals surface area contributed by atoms with Crippen LogP contribution in [0, 0.1) is 6.92 Å². The lowest BCUT2D eigenvalue weighted by molar-refractivity contribution is 0.0702. The summed E-state index contributed by atoms with van der Waals surface area (Å²) in [5.74, 6) is -1.13. The number of hydrogen-bond acceptors (Lipinski definition) is 6. The molecule has 0 spiro atoms. The molecule has 0 bridgehead atoms. The van der Waals surface area contributed by atoms with Crippen LogP contribution in [0.1, 0.15) is 19.6 Å². The summed E-state index contributed by atoms with van der Waals surface area (Å²) < 4.78 is 26.5. The Kier molecular flexibility index (Phi) is 3.99. The fraction of sp³-hybridized carbons (Fsp3) is 0.200. The molecule has 9 heteroatoms. The van der Waals surface area contributed by atoms with Crippen molar-refractivity contribution in [2.24, 2.45) is 0 Å². The van der Waals surface area contributed by atoms with Crippen molar-refractivity contribution in [2.45, 2.75) is 18.4 Å². The molecule has 0 saturated carbocycles.